The van der Waals surface area contributed by atoms with E-state index in [2.05, 4.69) is 10.1 Å². The van der Waals surface area contributed by atoms with Crippen molar-refractivity contribution in [2.24, 2.45) is 5.10 Å². The summed E-state index contributed by atoms with van der Waals surface area (Å²) in [6.07, 6.45) is -4.82. The van der Waals surface area contributed by atoms with Crippen LogP contribution in [0.5, 0.6) is 0 Å². The Balaban J connectivity index is 1.39. The molecule has 36 heavy (non-hydrogen) atoms. The number of hydrogen-bond donors (Lipinski definition) is 0. The van der Waals surface area contributed by atoms with Crippen molar-refractivity contribution >= 4 is 49.7 Å². The number of non-ortho nitro benzene ring substituents is 1. The van der Waals surface area contributed by atoms with Crippen LogP contribution >= 0.6 is 11.3 Å². The number of carbonyl (C=O) groups is 1. The van der Waals surface area contributed by atoms with Crippen molar-refractivity contribution in [1.82, 2.24) is 9.88 Å². The lowest BCUT2D eigenvalue weighted by atomic mass is 10.1. The first-order valence-corrected chi connectivity index (χ1v) is 11.8. The Kier molecular flexibility index (Phi) is 5.86. The van der Waals surface area contributed by atoms with Crippen molar-refractivity contribution < 1.29 is 22.9 Å². The normalized spacial score (nSPS) is 18.2. The number of amides is 1. The lowest BCUT2D eigenvalue weighted by Crippen LogP contribution is -2.46. The summed E-state index contributed by atoms with van der Waals surface area (Å²) in [6, 6.07) is 13.1. The van der Waals surface area contributed by atoms with Crippen LogP contribution in [-0.4, -0.2) is 58.8 Å². The number of nitrogens with zero attached hydrogens (tertiary/aromatic N) is 6. The second-order valence-corrected chi connectivity index (χ2v) is 9.24. The lowest BCUT2D eigenvalue weighted by molar-refractivity contribution is -0.384. The number of hydrogen-bond acceptors (Lipinski definition) is 8. The van der Waals surface area contributed by atoms with Gasteiger partial charge >= 0.3 is 6.18 Å². The highest BCUT2D eigenvalue weighted by atomic mass is 32.1. The molecule has 0 bridgehead atoms. The van der Waals surface area contributed by atoms with Gasteiger partial charge in [0.05, 0.1) is 20.7 Å². The first-order valence-electron chi connectivity index (χ1n) is 10.9. The topological polar surface area (TPSA) is 95.2 Å². The zero-order valence-electron chi connectivity index (χ0n) is 18.9. The number of para-hydroxylation sites is 1. The number of alkyl halides is 3. The molecule has 3 heterocycles. The number of anilines is 2. The van der Waals surface area contributed by atoms with Crippen LogP contribution in [0.1, 0.15) is 6.92 Å². The fourth-order valence-electron chi connectivity index (χ4n) is 4.25. The van der Waals surface area contributed by atoms with Crippen molar-refractivity contribution in [3.8, 4) is 0 Å². The minimum absolute atomic E-state index is 0.0191. The van der Waals surface area contributed by atoms with E-state index in [1.54, 1.807) is 41.3 Å². The average Bonchev–Trinajstić information content (AvgIpc) is 3.44. The number of piperazine rings is 1. The summed E-state index contributed by atoms with van der Waals surface area (Å²) in [5.41, 5.74) is -0.183. The Morgan fingerprint density at radius 1 is 1.06 bits per heavy atom. The summed E-state index contributed by atoms with van der Waals surface area (Å²) in [6.45, 7) is 3.17. The van der Waals surface area contributed by atoms with E-state index >= 15 is 0 Å². The van der Waals surface area contributed by atoms with Gasteiger partial charge in [0.2, 0.25) is 5.13 Å². The number of aromatic nitrogens is 1. The summed E-state index contributed by atoms with van der Waals surface area (Å²) < 4.78 is 42.6. The summed E-state index contributed by atoms with van der Waals surface area (Å²) in [5, 5.41) is 15.3. The smallest absolute Gasteiger partial charge is 0.371 e. The summed E-state index contributed by atoms with van der Waals surface area (Å²) in [4.78, 5) is 31.6. The van der Waals surface area contributed by atoms with Crippen LogP contribution in [0.15, 0.2) is 64.9 Å². The molecular formula is C23H19F3N6O3S. The molecule has 9 nitrogen and oxygen atoms in total. The van der Waals surface area contributed by atoms with E-state index in [1.807, 2.05) is 4.90 Å². The minimum Gasteiger partial charge on any atom is -0.371 e. The van der Waals surface area contributed by atoms with E-state index < -0.39 is 28.3 Å². The molecule has 0 unspecified atom stereocenters. The van der Waals surface area contributed by atoms with Gasteiger partial charge in [-0.1, -0.05) is 23.5 Å². The molecule has 1 aromatic heterocycles. The summed E-state index contributed by atoms with van der Waals surface area (Å²) >= 11 is 1.10. The van der Waals surface area contributed by atoms with Crippen molar-refractivity contribution in [3.63, 3.8) is 0 Å². The molecule has 5 rings (SSSR count). The highest BCUT2D eigenvalue weighted by Gasteiger charge is 2.49. The third-order valence-corrected chi connectivity index (χ3v) is 7.13. The molecule has 0 aliphatic carbocycles. The molecule has 0 saturated carbocycles. The van der Waals surface area contributed by atoms with E-state index in [0.717, 1.165) is 26.7 Å². The van der Waals surface area contributed by atoms with Crippen LogP contribution in [0.3, 0.4) is 0 Å². The molecule has 2 aromatic carbocycles. The number of nitro groups is 1. The van der Waals surface area contributed by atoms with Gasteiger partial charge in [-0.25, -0.2) is 4.98 Å². The zero-order chi connectivity index (χ0) is 25.6. The Morgan fingerprint density at radius 2 is 1.72 bits per heavy atom. The molecule has 186 valence electrons. The Hall–Kier alpha value is -4.00. The molecule has 2 aliphatic heterocycles. The van der Waals surface area contributed by atoms with Crippen molar-refractivity contribution in [1.29, 1.82) is 0 Å². The number of benzene rings is 2. The molecule has 13 heteroatoms. The maximum atomic E-state index is 13.9. The number of hydrazone groups is 1. The average molecular weight is 517 g/mol. The molecule has 0 N–H and O–H groups in total. The quantitative estimate of drug-likeness (QED) is 0.287. The number of halogens is 3. The number of carbonyl (C=O) groups excluding carboxylic acids is 1. The highest BCUT2D eigenvalue weighted by molar-refractivity contribution is 7.22. The molecule has 0 atom stereocenters. The largest absolute Gasteiger partial charge is 0.436 e. The van der Waals surface area contributed by atoms with Gasteiger partial charge in [-0.3, -0.25) is 14.9 Å². The molecule has 0 radical (unpaired) electrons. The van der Waals surface area contributed by atoms with Gasteiger partial charge in [-0.05, 0) is 31.2 Å². The second kappa shape index (κ2) is 8.90. The third-order valence-electron chi connectivity index (χ3n) is 6.12. The number of rotatable bonds is 4. The van der Waals surface area contributed by atoms with E-state index in [-0.39, 0.29) is 16.5 Å². The van der Waals surface area contributed by atoms with Gasteiger partial charge in [0.1, 0.15) is 0 Å². The van der Waals surface area contributed by atoms with Gasteiger partial charge in [0.25, 0.3) is 11.6 Å². The predicted octanol–water partition coefficient (Wildman–Crippen LogP) is 4.57. The Labute approximate surface area is 206 Å². The number of thiazole rings is 1. The maximum Gasteiger partial charge on any atom is 0.436 e. The van der Waals surface area contributed by atoms with E-state index in [9.17, 15) is 28.1 Å². The predicted molar refractivity (Wildman–Crippen MR) is 130 cm³/mol. The second-order valence-electron chi connectivity index (χ2n) is 8.24. The monoisotopic (exact) mass is 516 g/mol. The zero-order valence-corrected chi connectivity index (χ0v) is 19.7. The highest BCUT2D eigenvalue weighted by Crippen LogP contribution is 2.37. The standard InChI is InChI=1S/C23H19F3N6O3S/c1-14(29-10-12-30(13-11-29)15-6-8-16(9-7-15)32(34)35)19-20(23(24,25)26)28-31(21(19)33)22-27-17-4-2-3-5-18(17)36-22/h2-9H,10-13H2,1H3/b19-14+. The van der Waals surface area contributed by atoms with Gasteiger partial charge < -0.3 is 9.80 Å². The lowest BCUT2D eigenvalue weighted by Gasteiger charge is -2.38. The number of nitro benzene ring substituents is 1. The van der Waals surface area contributed by atoms with Gasteiger partial charge in [0.15, 0.2) is 5.71 Å². The van der Waals surface area contributed by atoms with Crippen LogP contribution in [0, 0.1) is 10.1 Å². The number of fused-ring (bicyclic) bond motifs is 1. The van der Waals surface area contributed by atoms with Crippen molar-refractivity contribution in [2.75, 3.05) is 36.1 Å². The van der Waals surface area contributed by atoms with Crippen LogP contribution < -0.4 is 9.91 Å². The maximum absolute atomic E-state index is 13.9. The van der Waals surface area contributed by atoms with Gasteiger partial charge in [-0.15, -0.1) is 0 Å². The fraction of sp³-hybridized carbons (Fsp3) is 0.261. The van der Waals surface area contributed by atoms with Crippen LogP contribution in [0.2, 0.25) is 0 Å². The molecule has 3 aromatic rings. The SMILES string of the molecule is C/C(=C1\C(=O)N(c2nc3ccccc3s2)N=C1C(F)(F)F)N1CCN(c2ccc([N+](=O)[O-])cc2)CC1. The minimum atomic E-state index is -4.82. The third kappa shape index (κ3) is 4.26. The first kappa shape index (κ1) is 23.7. The van der Waals surface area contributed by atoms with Crippen molar-refractivity contribution in [3.05, 3.63) is 69.9 Å². The Bertz CT molecular complexity index is 1380. The molecule has 0 spiro atoms. The first-order chi connectivity index (χ1) is 17.1. The van der Waals surface area contributed by atoms with Crippen LogP contribution in [-0.2, 0) is 4.79 Å². The van der Waals surface area contributed by atoms with E-state index in [1.165, 1.54) is 19.1 Å². The molecule has 1 fully saturated rings. The van der Waals surface area contributed by atoms with E-state index in [0.29, 0.717) is 31.7 Å². The number of allylic oxidation sites excluding steroid dienone is 1. The van der Waals surface area contributed by atoms with E-state index in [4.69, 9.17) is 0 Å². The van der Waals surface area contributed by atoms with Gasteiger partial charge in [0, 0.05) is 49.7 Å². The van der Waals surface area contributed by atoms with Crippen molar-refractivity contribution in [2.45, 2.75) is 13.1 Å². The molecule has 1 saturated heterocycles. The van der Waals surface area contributed by atoms with Crippen LogP contribution in [0.4, 0.5) is 29.7 Å². The molecular weight excluding hydrogens is 497 g/mol. The Morgan fingerprint density at radius 3 is 2.33 bits per heavy atom. The van der Waals surface area contributed by atoms with Gasteiger partial charge in [-0.2, -0.15) is 23.3 Å². The fourth-order valence-corrected chi connectivity index (χ4v) is 5.17. The summed E-state index contributed by atoms with van der Waals surface area (Å²) in [5.74, 6) is -0.864. The van der Waals surface area contributed by atoms with Crippen LogP contribution in [0.25, 0.3) is 10.2 Å². The summed E-state index contributed by atoms with van der Waals surface area (Å²) in [7, 11) is 0. The molecule has 1 amide bonds. The molecule has 2 aliphatic rings.